The summed E-state index contributed by atoms with van der Waals surface area (Å²) in [7, 11) is 0. The highest BCUT2D eigenvalue weighted by atomic mass is 32.1. The highest BCUT2D eigenvalue weighted by molar-refractivity contribution is 7.13. The number of hydrogen-bond acceptors (Lipinski definition) is 3. The highest BCUT2D eigenvalue weighted by Crippen LogP contribution is 2.29. The van der Waals surface area contributed by atoms with Crippen LogP contribution in [-0.2, 0) is 0 Å². The summed E-state index contributed by atoms with van der Waals surface area (Å²) in [5, 5.41) is 8.40. The van der Waals surface area contributed by atoms with Crippen molar-refractivity contribution in [1.82, 2.24) is 4.98 Å². The van der Waals surface area contributed by atoms with E-state index < -0.39 is 6.03 Å². The van der Waals surface area contributed by atoms with Gasteiger partial charge in [-0.05, 0) is 36.4 Å². The molecule has 2 amide bonds. The van der Waals surface area contributed by atoms with E-state index in [4.69, 9.17) is 4.98 Å². The predicted octanol–water partition coefficient (Wildman–Crippen LogP) is 6.26. The van der Waals surface area contributed by atoms with Crippen molar-refractivity contribution in [2.24, 2.45) is 0 Å². The van der Waals surface area contributed by atoms with Crippen molar-refractivity contribution < 1.29 is 9.18 Å². The van der Waals surface area contributed by atoms with Gasteiger partial charge < -0.3 is 10.6 Å². The first-order valence-electron chi connectivity index (χ1n) is 8.62. The molecule has 0 aliphatic rings. The lowest BCUT2D eigenvalue weighted by Gasteiger charge is -2.08. The van der Waals surface area contributed by atoms with Gasteiger partial charge in [-0.2, -0.15) is 0 Å². The Morgan fingerprint density at radius 3 is 2.32 bits per heavy atom. The molecular weight excluding hydrogens is 373 g/mol. The zero-order valence-electron chi connectivity index (χ0n) is 14.7. The third kappa shape index (κ3) is 4.24. The number of nitrogens with zero attached hydrogens (tertiary/aromatic N) is 1. The third-order valence-corrected chi connectivity index (χ3v) is 4.93. The molecule has 4 nitrogen and oxygen atoms in total. The van der Waals surface area contributed by atoms with Gasteiger partial charge in [0.1, 0.15) is 10.8 Å². The maximum Gasteiger partial charge on any atom is 0.323 e. The van der Waals surface area contributed by atoms with Crippen molar-refractivity contribution in [1.29, 1.82) is 0 Å². The number of halogens is 1. The molecule has 0 saturated carbocycles. The maximum absolute atomic E-state index is 13.0. The van der Waals surface area contributed by atoms with Crippen molar-refractivity contribution in [2.45, 2.75) is 0 Å². The van der Waals surface area contributed by atoms with Crippen LogP contribution >= 0.6 is 11.3 Å². The molecule has 28 heavy (non-hydrogen) atoms. The van der Waals surface area contributed by atoms with Crippen LogP contribution in [0, 0.1) is 5.82 Å². The van der Waals surface area contributed by atoms with Gasteiger partial charge in [0.25, 0.3) is 0 Å². The molecule has 0 bridgehead atoms. The van der Waals surface area contributed by atoms with Crippen molar-refractivity contribution in [3.63, 3.8) is 0 Å². The molecule has 6 heteroatoms. The van der Waals surface area contributed by atoms with Gasteiger partial charge in [-0.15, -0.1) is 11.3 Å². The Kier molecular flexibility index (Phi) is 5.12. The van der Waals surface area contributed by atoms with E-state index in [9.17, 15) is 9.18 Å². The molecule has 0 atom stereocenters. The Bertz CT molecular complexity index is 1090. The third-order valence-electron chi connectivity index (χ3n) is 4.04. The number of carbonyl (C=O) groups is 1. The zero-order valence-corrected chi connectivity index (χ0v) is 15.5. The van der Waals surface area contributed by atoms with Crippen LogP contribution in [-0.4, -0.2) is 11.0 Å². The molecule has 0 unspecified atom stereocenters. The molecule has 1 heterocycles. The van der Waals surface area contributed by atoms with E-state index in [2.05, 4.69) is 10.6 Å². The first-order chi connectivity index (χ1) is 13.7. The second-order valence-corrected chi connectivity index (χ2v) is 6.93. The fourth-order valence-electron chi connectivity index (χ4n) is 2.70. The average Bonchev–Trinajstić information content (AvgIpc) is 3.21. The first-order valence-corrected chi connectivity index (χ1v) is 9.50. The van der Waals surface area contributed by atoms with E-state index in [1.54, 1.807) is 17.4 Å². The number of carbonyl (C=O) groups excluding carboxylic acids is 1. The van der Waals surface area contributed by atoms with Gasteiger partial charge in [0.2, 0.25) is 0 Å². The topological polar surface area (TPSA) is 54.0 Å². The first kappa shape index (κ1) is 17.9. The molecule has 2 N–H and O–H groups in total. The van der Waals surface area contributed by atoms with Crippen LogP contribution in [0.5, 0.6) is 0 Å². The quantitative estimate of drug-likeness (QED) is 0.433. The number of thiazole rings is 1. The van der Waals surface area contributed by atoms with Crippen LogP contribution in [0.4, 0.5) is 20.6 Å². The molecule has 4 rings (SSSR count). The minimum absolute atomic E-state index is 0.350. The van der Waals surface area contributed by atoms with Crippen molar-refractivity contribution in [2.75, 3.05) is 10.6 Å². The summed E-state index contributed by atoms with van der Waals surface area (Å²) in [6, 6.07) is 22.7. The van der Waals surface area contributed by atoms with Gasteiger partial charge in [0.15, 0.2) is 0 Å². The molecule has 1 aromatic heterocycles. The summed E-state index contributed by atoms with van der Waals surface area (Å²) in [4.78, 5) is 16.9. The SMILES string of the molecule is O=C(Nc1ccc(F)cc1)Nc1cccc(-c2csc(-c3ccccc3)n2)c1. The Hall–Kier alpha value is -3.51. The Morgan fingerprint density at radius 1 is 0.821 bits per heavy atom. The van der Waals surface area contributed by atoms with E-state index in [1.807, 2.05) is 53.9 Å². The average molecular weight is 389 g/mol. The standard InChI is InChI=1S/C22H16FN3OS/c23-17-9-11-18(12-10-17)24-22(27)25-19-8-4-7-16(13-19)20-14-28-21(26-20)15-5-2-1-3-6-15/h1-14H,(H2,24,25,27). The van der Waals surface area contributed by atoms with Gasteiger partial charge in [0, 0.05) is 27.9 Å². The predicted molar refractivity (Wildman–Crippen MR) is 112 cm³/mol. The van der Waals surface area contributed by atoms with Gasteiger partial charge in [-0.25, -0.2) is 14.2 Å². The Labute approximate surface area is 165 Å². The zero-order chi connectivity index (χ0) is 19.3. The van der Waals surface area contributed by atoms with Gasteiger partial charge in [-0.3, -0.25) is 0 Å². The summed E-state index contributed by atoms with van der Waals surface area (Å²) in [6.07, 6.45) is 0. The molecule has 0 saturated heterocycles. The Balaban J connectivity index is 1.48. The Morgan fingerprint density at radius 2 is 1.54 bits per heavy atom. The monoisotopic (exact) mass is 389 g/mol. The minimum Gasteiger partial charge on any atom is -0.308 e. The fourth-order valence-corrected chi connectivity index (χ4v) is 3.54. The highest BCUT2D eigenvalue weighted by Gasteiger charge is 2.08. The summed E-state index contributed by atoms with van der Waals surface area (Å²) in [5.74, 6) is -0.350. The summed E-state index contributed by atoms with van der Waals surface area (Å²) < 4.78 is 13.0. The molecule has 3 aromatic carbocycles. The lowest BCUT2D eigenvalue weighted by molar-refractivity contribution is 0.262. The minimum atomic E-state index is -0.396. The van der Waals surface area contributed by atoms with Crippen LogP contribution in [0.2, 0.25) is 0 Å². The number of hydrogen-bond donors (Lipinski definition) is 2. The molecule has 0 aliphatic heterocycles. The second-order valence-electron chi connectivity index (χ2n) is 6.07. The summed E-state index contributed by atoms with van der Waals surface area (Å²) in [6.45, 7) is 0. The molecule has 0 aliphatic carbocycles. The van der Waals surface area contributed by atoms with Crippen LogP contribution in [0.25, 0.3) is 21.8 Å². The van der Waals surface area contributed by atoms with E-state index >= 15 is 0 Å². The number of anilines is 2. The largest absolute Gasteiger partial charge is 0.323 e. The van der Waals surface area contributed by atoms with Crippen LogP contribution in [0.3, 0.4) is 0 Å². The molecule has 0 fully saturated rings. The van der Waals surface area contributed by atoms with E-state index in [0.717, 1.165) is 21.8 Å². The molecular formula is C22H16FN3OS. The van der Waals surface area contributed by atoms with E-state index in [-0.39, 0.29) is 5.82 Å². The van der Waals surface area contributed by atoms with Crippen LogP contribution in [0.15, 0.2) is 84.2 Å². The molecule has 138 valence electrons. The fraction of sp³-hybridized carbons (Fsp3) is 0. The van der Waals surface area contributed by atoms with E-state index in [1.165, 1.54) is 24.3 Å². The van der Waals surface area contributed by atoms with Gasteiger partial charge in [0.05, 0.1) is 5.69 Å². The molecule has 0 spiro atoms. The lowest BCUT2D eigenvalue weighted by atomic mass is 10.1. The van der Waals surface area contributed by atoms with Crippen molar-refractivity contribution >= 4 is 28.7 Å². The summed E-state index contributed by atoms with van der Waals surface area (Å²) >= 11 is 1.58. The number of aromatic nitrogens is 1. The number of benzene rings is 3. The smallest absolute Gasteiger partial charge is 0.308 e. The van der Waals surface area contributed by atoms with Crippen molar-refractivity contribution in [3.8, 4) is 21.8 Å². The second kappa shape index (κ2) is 8.02. The summed E-state index contributed by atoms with van der Waals surface area (Å²) in [5.41, 5.74) is 4.00. The number of rotatable bonds is 4. The van der Waals surface area contributed by atoms with Crippen LogP contribution < -0.4 is 10.6 Å². The van der Waals surface area contributed by atoms with E-state index in [0.29, 0.717) is 11.4 Å². The van der Waals surface area contributed by atoms with Gasteiger partial charge in [-0.1, -0.05) is 42.5 Å². The molecule has 4 aromatic rings. The van der Waals surface area contributed by atoms with Crippen molar-refractivity contribution in [3.05, 3.63) is 90.1 Å². The number of nitrogens with one attached hydrogen (secondary N) is 2. The molecule has 0 radical (unpaired) electrons. The normalized spacial score (nSPS) is 10.5. The number of urea groups is 1. The maximum atomic E-state index is 13.0. The van der Waals surface area contributed by atoms with Gasteiger partial charge >= 0.3 is 6.03 Å². The number of amides is 2. The van der Waals surface area contributed by atoms with Crippen LogP contribution in [0.1, 0.15) is 0 Å². The lowest BCUT2D eigenvalue weighted by Crippen LogP contribution is -2.19.